The minimum absolute atomic E-state index is 0.0276. The lowest BCUT2D eigenvalue weighted by molar-refractivity contribution is -0.0719. The summed E-state index contributed by atoms with van der Waals surface area (Å²) in [5.74, 6) is 0.699. The number of ether oxygens (including phenoxy) is 1. The van der Waals surface area contributed by atoms with Crippen molar-refractivity contribution in [1.82, 2.24) is 0 Å². The monoisotopic (exact) mass is 261 g/mol. The Morgan fingerprint density at radius 1 is 1.37 bits per heavy atom. The van der Waals surface area contributed by atoms with Crippen molar-refractivity contribution in [1.29, 1.82) is 0 Å². The molecule has 1 aromatic carbocycles. The fourth-order valence-electron chi connectivity index (χ4n) is 3.53. The summed E-state index contributed by atoms with van der Waals surface area (Å²) in [5.41, 5.74) is 10.3. The van der Waals surface area contributed by atoms with Gasteiger partial charge in [-0.1, -0.05) is 38.0 Å². The minimum Gasteiger partial charge on any atom is -0.376 e. The number of hydrogen-bond acceptors (Lipinski definition) is 2. The molecule has 1 fully saturated rings. The van der Waals surface area contributed by atoms with Gasteiger partial charge in [-0.15, -0.1) is 0 Å². The summed E-state index contributed by atoms with van der Waals surface area (Å²) in [6.45, 7) is 6.62. The number of hydrogen-bond donors (Lipinski definition) is 1. The predicted molar refractivity (Wildman–Crippen MR) is 80.2 cm³/mol. The van der Waals surface area contributed by atoms with Crippen LogP contribution >= 0.6 is 0 Å². The van der Waals surface area contributed by atoms with E-state index in [-0.39, 0.29) is 11.6 Å². The molecule has 3 atom stereocenters. The number of nitrogens with two attached hydrogens (primary N) is 1. The molecule has 0 heterocycles. The number of benzene rings is 1. The molecule has 1 aliphatic carbocycles. The number of aryl methyl sites for hydroxylation is 1. The third-order valence-corrected chi connectivity index (χ3v) is 4.95. The third kappa shape index (κ3) is 2.70. The molecule has 1 aliphatic rings. The molecule has 2 N–H and O–H groups in total. The predicted octanol–water partition coefficient (Wildman–Crippen LogP) is 3.90. The van der Waals surface area contributed by atoms with E-state index in [0.29, 0.717) is 5.92 Å². The second kappa shape index (κ2) is 5.64. The van der Waals surface area contributed by atoms with Gasteiger partial charge in [0.1, 0.15) is 0 Å². The first kappa shape index (κ1) is 14.5. The zero-order valence-electron chi connectivity index (χ0n) is 12.7. The van der Waals surface area contributed by atoms with Crippen LogP contribution < -0.4 is 5.73 Å². The lowest BCUT2D eigenvalue weighted by atomic mass is 9.72. The van der Waals surface area contributed by atoms with Crippen molar-refractivity contribution in [3.8, 4) is 0 Å². The molecule has 2 nitrogen and oxygen atoms in total. The Morgan fingerprint density at radius 3 is 2.74 bits per heavy atom. The van der Waals surface area contributed by atoms with E-state index in [1.54, 1.807) is 0 Å². The SMILES string of the molecule is COC1(C(N)c2cccc(C)c2C)CCCC(C)C1. The fraction of sp³-hybridized carbons (Fsp3) is 0.647. The summed E-state index contributed by atoms with van der Waals surface area (Å²) in [6.07, 6.45) is 4.65. The van der Waals surface area contributed by atoms with Crippen molar-refractivity contribution < 1.29 is 4.74 Å². The lowest BCUT2D eigenvalue weighted by Crippen LogP contribution is -2.46. The molecule has 1 aromatic rings. The Hall–Kier alpha value is -0.860. The van der Waals surface area contributed by atoms with Gasteiger partial charge < -0.3 is 10.5 Å². The molecule has 0 saturated heterocycles. The third-order valence-electron chi connectivity index (χ3n) is 4.95. The quantitative estimate of drug-likeness (QED) is 0.895. The zero-order chi connectivity index (χ0) is 14.0. The van der Waals surface area contributed by atoms with E-state index in [1.807, 2.05) is 7.11 Å². The molecule has 0 amide bonds. The van der Waals surface area contributed by atoms with Gasteiger partial charge in [0, 0.05) is 7.11 Å². The smallest absolute Gasteiger partial charge is 0.0873 e. The first-order valence-electron chi connectivity index (χ1n) is 7.37. The van der Waals surface area contributed by atoms with Gasteiger partial charge in [-0.25, -0.2) is 0 Å². The van der Waals surface area contributed by atoms with E-state index in [9.17, 15) is 0 Å². The van der Waals surface area contributed by atoms with Gasteiger partial charge >= 0.3 is 0 Å². The largest absolute Gasteiger partial charge is 0.376 e. The fourth-order valence-corrected chi connectivity index (χ4v) is 3.53. The van der Waals surface area contributed by atoms with Gasteiger partial charge in [-0.05, 0) is 49.3 Å². The highest BCUT2D eigenvalue weighted by Crippen LogP contribution is 2.42. The second-order valence-corrected chi connectivity index (χ2v) is 6.24. The van der Waals surface area contributed by atoms with E-state index in [4.69, 9.17) is 10.5 Å². The first-order valence-corrected chi connectivity index (χ1v) is 7.37. The van der Waals surface area contributed by atoms with Crippen molar-refractivity contribution in [2.45, 2.75) is 58.1 Å². The summed E-state index contributed by atoms with van der Waals surface area (Å²) in [5, 5.41) is 0. The summed E-state index contributed by atoms with van der Waals surface area (Å²) < 4.78 is 5.94. The second-order valence-electron chi connectivity index (χ2n) is 6.24. The van der Waals surface area contributed by atoms with Gasteiger partial charge in [0.05, 0.1) is 11.6 Å². The summed E-state index contributed by atoms with van der Waals surface area (Å²) in [4.78, 5) is 0. The number of methoxy groups -OCH3 is 1. The van der Waals surface area contributed by atoms with Gasteiger partial charge in [0.15, 0.2) is 0 Å². The van der Waals surface area contributed by atoms with E-state index in [0.717, 1.165) is 12.8 Å². The van der Waals surface area contributed by atoms with E-state index in [1.165, 1.54) is 29.5 Å². The van der Waals surface area contributed by atoms with Crippen molar-refractivity contribution in [2.75, 3.05) is 7.11 Å². The van der Waals surface area contributed by atoms with Crippen LogP contribution in [0, 0.1) is 19.8 Å². The van der Waals surface area contributed by atoms with E-state index in [2.05, 4.69) is 39.0 Å². The van der Waals surface area contributed by atoms with Gasteiger partial charge in [0.2, 0.25) is 0 Å². The maximum atomic E-state index is 6.62. The summed E-state index contributed by atoms with van der Waals surface area (Å²) in [7, 11) is 1.82. The highest BCUT2D eigenvalue weighted by Gasteiger charge is 2.41. The number of rotatable bonds is 3. The van der Waals surface area contributed by atoms with Crippen molar-refractivity contribution in [2.24, 2.45) is 11.7 Å². The lowest BCUT2D eigenvalue weighted by Gasteiger charge is -2.43. The van der Waals surface area contributed by atoms with Gasteiger partial charge in [-0.2, -0.15) is 0 Å². The maximum Gasteiger partial charge on any atom is 0.0873 e. The van der Waals surface area contributed by atoms with Crippen LogP contribution in [0.4, 0.5) is 0 Å². The topological polar surface area (TPSA) is 35.2 Å². The Balaban J connectivity index is 2.35. The molecule has 0 spiro atoms. The van der Waals surface area contributed by atoms with Crippen molar-refractivity contribution in [3.05, 3.63) is 34.9 Å². The molecule has 106 valence electrons. The van der Waals surface area contributed by atoms with E-state index < -0.39 is 0 Å². The summed E-state index contributed by atoms with van der Waals surface area (Å²) >= 11 is 0. The van der Waals surface area contributed by atoms with Crippen LogP contribution in [0.1, 0.15) is 55.3 Å². The molecular formula is C17H27NO. The van der Waals surface area contributed by atoms with Gasteiger partial charge in [-0.3, -0.25) is 0 Å². The Kier molecular flexibility index (Phi) is 4.32. The summed E-state index contributed by atoms with van der Waals surface area (Å²) in [6, 6.07) is 6.38. The minimum atomic E-state index is -0.184. The molecular weight excluding hydrogens is 234 g/mol. The molecule has 0 aliphatic heterocycles. The normalized spacial score (nSPS) is 29.2. The molecule has 19 heavy (non-hydrogen) atoms. The van der Waals surface area contributed by atoms with Crippen LogP contribution in [0.15, 0.2) is 18.2 Å². The van der Waals surface area contributed by atoms with Crippen molar-refractivity contribution >= 4 is 0 Å². The average molecular weight is 261 g/mol. The van der Waals surface area contributed by atoms with Crippen LogP contribution in [-0.2, 0) is 4.74 Å². The van der Waals surface area contributed by atoms with E-state index >= 15 is 0 Å². The highest BCUT2D eigenvalue weighted by atomic mass is 16.5. The highest BCUT2D eigenvalue weighted by molar-refractivity contribution is 5.36. The molecule has 3 unspecified atom stereocenters. The molecule has 1 saturated carbocycles. The Labute approximate surface area is 117 Å². The molecule has 0 bridgehead atoms. The van der Waals surface area contributed by atoms with Crippen LogP contribution in [0.2, 0.25) is 0 Å². The average Bonchev–Trinajstić information content (AvgIpc) is 2.41. The molecule has 0 radical (unpaired) electrons. The first-order chi connectivity index (χ1) is 9.00. The Morgan fingerprint density at radius 2 is 2.11 bits per heavy atom. The van der Waals surface area contributed by atoms with Crippen LogP contribution in [0.3, 0.4) is 0 Å². The Bertz CT molecular complexity index is 443. The van der Waals surface area contributed by atoms with Crippen molar-refractivity contribution in [3.63, 3.8) is 0 Å². The molecule has 0 aromatic heterocycles. The zero-order valence-corrected chi connectivity index (χ0v) is 12.7. The van der Waals surface area contributed by atoms with Crippen LogP contribution in [-0.4, -0.2) is 12.7 Å². The molecule has 2 rings (SSSR count). The molecule has 2 heteroatoms. The standard InChI is InChI=1S/C17H27NO/c1-12-7-6-10-17(11-12,19-4)16(18)15-9-5-8-13(2)14(15)3/h5,8-9,12,16H,6-7,10-11,18H2,1-4H3. The maximum absolute atomic E-state index is 6.62. The van der Waals surface area contributed by atoms with Crippen LogP contribution in [0.5, 0.6) is 0 Å². The van der Waals surface area contributed by atoms with Crippen LogP contribution in [0.25, 0.3) is 0 Å². The van der Waals surface area contributed by atoms with Gasteiger partial charge in [0.25, 0.3) is 0 Å².